The van der Waals surface area contributed by atoms with Crippen LogP contribution < -0.4 is 15.8 Å². The predicted octanol–water partition coefficient (Wildman–Crippen LogP) is 3.78. The van der Waals surface area contributed by atoms with E-state index in [0.717, 1.165) is 23.3 Å². The Balaban J connectivity index is 0.00000182. The summed E-state index contributed by atoms with van der Waals surface area (Å²) in [4.78, 5) is 16.7. The molecule has 1 fully saturated rings. The third-order valence-corrected chi connectivity index (χ3v) is 4.45. The summed E-state index contributed by atoms with van der Waals surface area (Å²) in [5.41, 5.74) is 8.29. The monoisotopic (exact) mass is 413 g/mol. The van der Waals surface area contributed by atoms with Gasteiger partial charge >= 0.3 is 0 Å². The number of anilines is 1. The van der Waals surface area contributed by atoms with Crippen LogP contribution in [-0.4, -0.2) is 29.6 Å². The molecule has 1 saturated heterocycles. The number of aryl methyl sites for hydroxylation is 1. The molecule has 2 atom stereocenters. The van der Waals surface area contributed by atoms with Gasteiger partial charge in [-0.2, -0.15) is 0 Å². The first-order chi connectivity index (χ1) is 12.1. The van der Waals surface area contributed by atoms with Crippen LogP contribution in [0, 0.1) is 13.8 Å². The molecule has 1 amide bonds. The van der Waals surface area contributed by atoms with E-state index in [1.165, 1.54) is 0 Å². The summed E-state index contributed by atoms with van der Waals surface area (Å²) in [7, 11) is 0. The molecule has 3 rings (SSSR count). The van der Waals surface area contributed by atoms with Gasteiger partial charge in [-0.05, 0) is 56.0 Å². The highest BCUT2D eigenvalue weighted by Crippen LogP contribution is 2.31. The van der Waals surface area contributed by atoms with Gasteiger partial charge in [0, 0.05) is 12.7 Å². The van der Waals surface area contributed by atoms with E-state index in [1.807, 2.05) is 32.0 Å². The lowest BCUT2D eigenvalue weighted by Gasteiger charge is -2.15. The van der Waals surface area contributed by atoms with Gasteiger partial charge in [-0.15, -0.1) is 24.8 Å². The van der Waals surface area contributed by atoms with Crippen LogP contribution in [0.2, 0.25) is 0 Å². The molecule has 1 aromatic heterocycles. The second-order valence-corrected chi connectivity index (χ2v) is 6.21. The maximum absolute atomic E-state index is 12.4. The fourth-order valence-corrected chi connectivity index (χ4v) is 2.79. The second-order valence-electron chi connectivity index (χ2n) is 6.21. The Morgan fingerprint density at radius 3 is 2.74 bits per heavy atom. The molecule has 0 spiro atoms. The first-order valence-corrected chi connectivity index (χ1v) is 8.44. The average Bonchev–Trinajstić information content (AvgIpc) is 3.10. The number of pyridine rings is 1. The second kappa shape index (κ2) is 10.5. The summed E-state index contributed by atoms with van der Waals surface area (Å²) in [5, 5.41) is 2.86. The van der Waals surface area contributed by atoms with Crippen LogP contribution in [0.5, 0.6) is 11.6 Å². The summed E-state index contributed by atoms with van der Waals surface area (Å²) in [6.07, 6.45) is 2.57. The first kappa shape index (κ1) is 23.2. The summed E-state index contributed by atoms with van der Waals surface area (Å²) >= 11 is 0. The van der Waals surface area contributed by atoms with Crippen molar-refractivity contribution in [3.8, 4) is 11.6 Å². The molecule has 0 bridgehead atoms. The van der Waals surface area contributed by atoms with Crippen LogP contribution >= 0.6 is 24.8 Å². The average molecular weight is 414 g/mol. The van der Waals surface area contributed by atoms with Crippen LogP contribution in [-0.2, 0) is 9.53 Å². The lowest BCUT2D eigenvalue weighted by Crippen LogP contribution is -2.30. The zero-order valence-corrected chi connectivity index (χ0v) is 16.9. The van der Waals surface area contributed by atoms with Gasteiger partial charge in [0.25, 0.3) is 5.91 Å². The molecule has 2 heterocycles. The smallest absolute Gasteiger partial charge is 0.253 e. The largest absolute Gasteiger partial charge is 0.437 e. The van der Waals surface area contributed by atoms with Gasteiger partial charge in [0.05, 0.1) is 6.10 Å². The van der Waals surface area contributed by atoms with Gasteiger partial charge < -0.3 is 20.5 Å². The lowest BCUT2D eigenvalue weighted by molar-refractivity contribution is -0.126. The number of carbonyl (C=O) groups excluding carboxylic acids is 1. The lowest BCUT2D eigenvalue weighted by atomic mass is 10.1. The van der Waals surface area contributed by atoms with Gasteiger partial charge in [0.15, 0.2) is 0 Å². The van der Waals surface area contributed by atoms with E-state index in [2.05, 4.69) is 10.3 Å². The normalized spacial score (nSPS) is 18.2. The molecule has 8 heteroatoms. The Morgan fingerprint density at radius 1 is 1.26 bits per heavy atom. The van der Waals surface area contributed by atoms with Crippen molar-refractivity contribution in [1.29, 1.82) is 0 Å². The number of halogens is 2. The minimum atomic E-state index is -0.484. The molecular weight excluding hydrogens is 389 g/mol. The zero-order chi connectivity index (χ0) is 17.8. The molecule has 0 aliphatic carbocycles. The highest BCUT2D eigenvalue weighted by atomic mass is 35.5. The summed E-state index contributed by atoms with van der Waals surface area (Å²) < 4.78 is 11.6. The minimum absolute atomic E-state index is 0. The maximum atomic E-state index is 12.4. The Morgan fingerprint density at radius 2 is 2.04 bits per heavy atom. The zero-order valence-electron chi connectivity index (χ0n) is 15.3. The van der Waals surface area contributed by atoms with Crippen molar-refractivity contribution in [2.24, 2.45) is 5.73 Å². The predicted molar refractivity (Wildman–Crippen MR) is 110 cm³/mol. The van der Waals surface area contributed by atoms with E-state index in [4.69, 9.17) is 15.2 Å². The number of hydrogen-bond acceptors (Lipinski definition) is 5. The third kappa shape index (κ3) is 5.56. The number of nitrogens with two attached hydrogens (primary N) is 1. The Hall–Kier alpha value is -1.86. The molecule has 3 N–H and O–H groups in total. The Kier molecular flexibility index (Phi) is 8.99. The molecule has 1 aromatic carbocycles. The molecule has 1 aliphatic heterocycles. The van der Waals surface area contributed by atoms with Gasteiger partial charge in [-0.25, -0.2) is 4.98 Å². The van der Waals surface area contributed by atoms with Crippen molar-refractivity contribution in [1.82, 2.24) is 4.98 Å². The van der Waals surface area contributed by atoms with Crippen molar-refractivity contribution in [2.75, 3.05) is 11.9 Å². The topological polar surface area (TPSA) is 86.5 Å². The quantitative estimate of drug-likeness (QED) is 0.778. The fourth-order valence-electron chi connectivity index (χ4n) is 2.79. The standard InChI is InChI=1S/C19H23N3O3.2ClH/c1-12-5-3-7-16(13(12)2)25-19-15(6-4-10-21-19)22-18(23)17-9-8-14(11-20)24-17;;/h3-7,10,14,17H,8-9,11,20H2,1-2H3,(H,22,23);2*1H/t14-,17+;;/m1../s1. The van der Waals surface area contributed by atoms with E-state index >= 15 is 0 Å². The Labute approximate surface area is 171 Å². The summed E-state index contributed by atoms with van der Waals surface area (Å²) in [6.45, 7) is 4.44. The van der Waals surface area contributed by atoms with Crippen molar-refractivity contribution >= 4 is 36.4 Å². The van der Waals surface area contributed by atoms with Crippen LogP contribution in [0.1, 0.15) is 24.0 Å². The van der Waals surface area contributed by atoms with E-state index < -0.39 is 6.10 Å². The molecular formula is C19H25Cl2N3O3. The van der Waals surface area contributed by atoms with Gasteiger partial charge in [-0.1, -0.05) is 12.1 Å². The molecule has 27 heavy (non-hydrogen) atoms. The van der Waals surface area contributed by atoms with Crippen molar-refractivity contribution in [2.45, 2.75) is 38.9 Å². The number of amides is 1. The molecule has 6 nitrogen and oxygen atoms in total. The highest BCUT2D eigenvalue weighted by Gasteiger charge is 2.30. The fraction of sp³-hybridized carbons (Fsp3) is 0.368. The number of aromatic nitrogens is 1. The van der Waals surface area contributed by atoms with Gasteiger partial charge in [-0.3, -0.25) is 4.79 Å². The maximum Gasteiger partial charge on any atom is 0.253 e. The summed E-state index contributed by atoms with van der Waals surface area (Å²) in [6, 6.07) is 9.35. The first-order valence-electron chi connectivity index (χ1n) is 8.44. The van der Waals surface area contributed by atoms with E-state index in [9.17, 15) is 4.79 Å². The van der Waals surface area contributed by atoms with Crippen molar-refractivity contribution in [3.05, 3.63) is 47.7 Å². The summed E-state index contributed by atoms with van der Waals surface area (Å²) in [5.74, 6) is 0.877. The van der Waals surface area contributed by atoms with Crippen LogP contribution in [0.4, 0.5) is 5.69 Å². The molecule has 1 aliphatic rings. The molecule has 0 unspecified atom stereocenters. The van der Waals surface area contributed by atoms with E-state index in [-0.39, 0.29) is 36.8 Å². The number of nitrogens with one attached hydrogen (secondary N) is 1. The Bertz CT molecular complexity index is 774. The van der Waals surface area contributed by atoms with Crippen LogP contribution in [0.25, 0.3) is 0 Å². The van der Waals surface area contributed by atoms with Crippen molar-refractivity contribution < 1.29 is 14.3 Å². The van der Waals surface area contributed by atoms with Crippen LogP contribution in [0.3, 0.4) is 0 Å². The van der Waals surface area contributed by atoms with Gasteiger partial charge in [0.2, 0.25) is 5.88 Å². The molecule has 0 saturated carbocycles. The van der Waals surface area contributed by atoms with E-state index in [1.54, 1.807) is 18.3 Å². The van der Waals surface area contributed by atoms with Gasteiger partial charge in [0.1, 0.15) is 17.5 Å². The highest BCUT2D eigenvalue weighted by molar-refractivity contribution is 5.95. The molecule has 2 aromatic rings. The number of rotatable bonds is 5. The number of benzene rings is 1. The van der Waals surface area contributed by atoms with Crippen molar-refractivity contribution in [3.63, 3.8) is 0 Å². The molecule has 0 radical (unpaired) electrons. The minimum Gasteiger partial charge on any atom is -0.437 e. The number of hydrogen-bond donors (Lipinski definition) is 2. The van der Waals surface area contributed by atoms with E-state index in [0.29, 0.717) is 24.5 Å². The third-order valence-electron chi connectivity index (χ3n) is 4.45. The number of carbonyl (C=O) groups is 1. The van der Waals surface area contributed by atoms with Crippen LogP contribution in [0.15, 0.2) is 36.5 Å². The SMILES string of the molecule is Cc1cccc(Oc2ncccc2NC(=O)[C@@H]2CC[C@H](CN)O2)c1C.Cl.Cl. The molecule has 148 valence electrons. The number of nitrogens with zero attached hydrogens (tertiary/aromatic N) is 1. The number of ether oxygens (including phenoxy) is 2.